The molecule has 1 aliphatic rings. The molecule has 1 aliphatic heterocycles. The number of sulfonamides is 1. The van der Waals surface area contributed by atoms with E-state index in [2.05, 4.69) is 5.32 Å². The lowest BCUT2D eigenvalue weighted by Crippen LogP contribution is -2.51. The normalized spacial score (nSPS) is 14.5. The molecule has 3 rings (SSSR count). The van der Waals surface area contributed by atoms with E-state index in [9.17, 15) is 31.6 Å². The average Bonchev–Trinajstić information content (AvgIpc) is 2.83. The summed E-state index contributed by atoms with van der Waals surface area (Å²) in [6.45, 7) is -0.154. The number of carbonyl (C=O) groups excluding carboxylic acids is 3. The van der Waals surface area contributed by atoms with Crippen LogP contribution in [-0.4, -0.2) is 74.7 Å². The van der Waals surface area contributed by atoms with Gasteiger partial charge < -0.3 is 15.0 Å². The molecule has 2 aromatic rings. The topological polar surface area (TPSA) is 113 Å². The maximum Gasteiger partial charge on any atom is 0.308 e. The Labute approximate surface area is 195 Å². The van der Waals surface area contributed by atoms with Gasteiger partial charge in [-0.05, 0) is 24.3 Å². The van der Waals surface area contributed by atoms with E-state index in [0.29, 0.717) is 6.07 Å². The minimum absolute atomic E-state index is 0.114. The molecule has 0 aromatic heterocycles. The van der Waals surface area contributed by atoms with Crippen LogP contribution in [-0.2, 0) is 24.3 Å². The van der Waals surface area contributed by atoms with Crippen LogP contribution in [0.25, 0.3) is 0 Å². The number of halogens is 2. The number of benzene rings is 2. The first-order chi connectivity index (χ1) is 16.2. The number of hydrogen-bond donors (Lipinski definition) is 1. The maximum atomic E-state index is 13.6. The summed E-state index contributed by atoms with van der Waals surface area (Å²) >= 11 is 0. The zero-order valence-electron chi connectivity index (χ0n) is 18.1. The second kappa shape index (κ2) is 11.2. The Morgan fingerprint density at radius 2 is 1.65 bits per heavy atom. The number of nitrogens with zero attached hydrogens (tertiary/aromatic N) is 2. The Hall–Kier alpha value is -3.38. The molecule has 1 N–H and O–H groups in total. The molecule has 0 aliphatic carbocycles. The summed E-state index contributed by atoms with van der Waals surface area (Å²) < 4.78 is 58.0. The number of esters is 1. The van der Waals surface area contributed by atoms with Gasteiger partial charge in [-0.2, -0.15) is 4.31 Å². The number of ether oxygens (including phenoxy) is 1. The first kappa shape index (κ1) is 25.2. The van der Waals surface area contributed by atoms with Gasteiger partial charge in [-0.1, -0.05) is 18.2 Å². The third-order valence-electron chi connectivity index (χ3n) is 5.12. The van der Waals surface area contributed by atoms with Crippen LogP contribution in [0.3, 0.4) is 0 Å². The lowest BCUT2D eigenvalue weighted by atomic mass is 10.2. The number of piperazine rings is 1. The van der Waals surface area contributed by atoms with Crippen LogP contribution >= 0.6 is 0 Å². The fraction of sp³-hybridized carbons (Fsp3) is 0.318. The standard InChI is InChI=1S/C22H23F2N3O6S/c23-16-6-7-18(19(24)14-16)22(30)25-9-8-21(29)33-15-20(28)26-10-12-27(13-11-26)34(31,32)17-4-2-1-3-5-17/h1-7,14H,8-13,15H2,(H,25,30). The molecule has 1 saturated heterocycles. The molecule has 0 radical (unpaired) electrons. The number of amides is 2. The van der Waals surface area contributed by atoms with Crippen molar-refractivity contribution in [2.45, 2.75) is 11.3 Å². The molecular weight excluding hydrogens is 472 g/mol. The fourth-order valence-electron chi connectivity index (χ4n) is 3.27. The molecule has 0 bridgehead atoms. The third-order valence-corrected chi connectivity index (χ3v) is 7.03. The van der Waals surface area contributed by atoms with Gasteiger partial charge in [0.25, 0.3) is 11.8 Å². The van der Waals surface area contributed by atoms with Crippen LogP contribution in [0.1, 0.15) is 16.8 Å². The summed E-state index contributed by atoms with van der Waals surface area (Å²) in [7, 11) is -3.65. The predicted octanol–water partition coefficient (Wildman–Crippen LogP) is 1.16. The summed E-state index contributed by atoms with van der Waals surface area (Å²) in [5.74, 6) is -3.88. The van der Waals surface area contributed by atoms with Crippen LogP contribution in [0, 0.1) is 11.6 Å². The van der Waals surface area contributed by atoms with E-state index < -0.39 is 46.0 Å². The van der Waals surface area contributed by atoms with Gasteiger partial charge in [0.15, 0.2) is 6.61 Å². The van der Waals surface area contributed by atoms with Crippen LogP contribution in [0.4, 0.5) is 8.78 Å². The first-order valence-corrected chi connectivity index (χ1v) is 11.8. The van der Waals surface area contributed by atoms with E-state index in [-0.39, 0.29) is 49.6 Å². The zero-order chi connectivity index (χ0) is 24.7. The molecule has 34 heavy (non-hydrogen) atoms. The van der Waals surface area contributed by atoms with E-state index in [1.165, 1.54) is 21.3 Å². The van der Waals surface area contributed by atoms with Crippen LogP contribution in [0.5, 0.6) is 0 Å². The van der Waals surface area contributed by atoms with Crippen molar-refractivity contribution in [3.05, 3.63) is 65.7 Å². The summed E-state index contributed by atoms with van der Waals surface area (Å²) in [5.41, 5.74) is -0.363. The summed E-state index contributed by atoms with van der Waals surface area (Å²) in [6, 6.07) is 10.5. The molecule has 9 nitrogen and oxygen atoms in total. The highest BCUT2D eigenvalue weighted by Crippen LogP contribution is 2.17. The summed E-state index contributed by atoms with van der Waals surface area (Å²) in [4.78, 5) is 37.6. The van der Waals surface area contributed by atoms with Gasteiger partial charge in [0.1, 0.15) is 11.6 Å². The number of rotatable bonds is 8. The summed E-state index contributed by atoms with van der Waals surface area (Å²) in [6.07, 6.45) is -0.259. The highest BCUT2D eigenvalue weighted by atomic mass is 32.2. The molecule has 0 unspecified atom stereocenters. The molecule has 2 aromatic carbocycles. The first-order valence-electron chi connectivity index (χ1n) is 10.4. The van der Waals surface area contributed by atoms with Gasteiger partial charge in [0, 0.05) is 38.8 Å². The summed E-state index contributed by atoms with van der Waals surface area (Å²) in [5, 5.41) is 2.31. The second-order valence-corrected chi connectivity index (χ2v) is 9.33. The SMILES string of the molecule is O=C(CCNC(=O)c1ccc(F)cc1F)OCC(=O)N1CCN(S(=O)(=O)c2ccccc2)CC1. The highest BCUT2D eigenvalue weighted by molar-refractivity contribution is 7.89. The average molecular weight is 496 g/mol. The van der Waals surface area contributed by atoms with Gasteiger partial charge >= 0.3 is 5.97 Å². The van der Waals surface area contributed by atoms with Crippen LogP contribution in [0.2, 0.25) is 0 Å². The van der Waals surface area contributed by atoms with Crippen molar-refractivity contribution in [2.24, 2.45) is 0 Å². The molecule has 0 spiro atoms. The van der Waals surface area contributed by atoms with Gasteiger partial charge in [-0.15, -0.1) is 0 Å². The van der Waals surface area contributed by atoms with Crippen molar-refractivity contribution in [3.63, 3.8) is 0 Å². The third kappa shape index (κ3) is 6.35. The zero-order valence-corrected chi connectivity index (χ0v) is 18.9. The van der Waals surface area contributed by atoms with E-state index in [4.69, 9.17) is 4.74 Å². The smallest absolute Gasteiger partial charge is 0.308 e. The molecule has 2 amide bonds. The molecule has 0 saturated carbocycles. The van der Waals surface area contributed by atoms with Gasteiger partial charge in [-0.25, -0.2) is 17.2 Å². The molecule has 1 heterocycles. The minimum Gasteiger partial charge on any atom is -0.456 e. The quantitative estimate of drug-likeness (QED) is 0.550. The van der Waals surface area contributed by atoms with Gasteiger partial charge in [0.2, 0.25) is 10.0 Å². The lowest BCUT2D eigenvalue weighted by molar-refractivity contribution is -0.152. The second-order valence-electron chi connectivity index (χ2n) is 7.39. The van der Waals surface area contributed by atoms with Crippen LogP contribution in [0.15, 0.2) is 53.4 Å². The maximum absolute atomic E-state index is 13.6. The predicted molar refractivity (Wildman–Crippen MR) is 116 cm³/mol. The number of hydrogen-bond acceptors (Lipinski definition) is 6. The van der Waals surface area contributed by atoms with Crippen molar-refractivity contribution in [2.75, 3.05) is 39.3 Å². The van der Waals surface area contributed by atoms with E-state index in [0.717, 1.165) is 12.1 Å². The van der Waals surface area contributed by atoms with Gasteiger partial charge in [0.05, 0.1) is 16.9 Å². The minimum atomic E-state index is -3.65. The van der Waals surface area contributed by atoms with E-state index in [1.54, 1.807) is 18.2 Å². The van der Waals surface area contributed by atoms with Gasteiger partial charge in [-0.3, -0.25) is 14.4 Å². The Balaban J connectivity index is 1.38. The molecular formula is C22H23F2N3O6S. The molecule has 1 fully saturated rings. The molecule has 182 valence electrons. The number of nitrogens with one attached hydrogen (secondary N) is 1. The van der Waals surface area contributed by atoms with Crippen molar-refractivity contribution >= 4 is 27.8 Å². The van der Waals surface area contributed by atoms with Crippen molar-refractivity contribution < 1.29 is 36.3 Å². The Morgan fingerprint density at radius 1 is 0.971 bits per heavy atom. The number of carbonyl (C=O) groups is 3. The Bertz CT molecular complexity index is 1150. The molecule has 12 heteroatoms. The fourth-order valence-corrected chi connectivity index (χ4v) is 4.72. The monoisotopic (exact) mass is 495 g/mol. The van der Waals surface area contributed by atoms with Crippen molar-refractivity contribution in [3.8, 4) is 0 Å². The Kier molecular flexibility index (Phi) is 8.29. The Morgan fingerprint density at radius 3 is 2.29 bits per heavy atom. The van der Waals surface area contributed by atoms with Crippen LogP contribution < -0.4 is 5.32 Å². The van der Waals surface area contributed by atoms with E-state index >= 15 is 0 Å². The van der Waals surface area contributed by atoms with Crippen molar-refractivity contribution in [1.29, 1.82) is 0 Å². The molecule has 0 atom stereocenters. The largest absolute Gasteiger partial charge is 0.456 e. The van der Waals surface area contributed by atoms with E-state index in [1.807, 2.05) is 0 Å². The van der Waals surface area contributed by atoms with Crippen molar-refractivity contribution in [1.82, 2.24) is 14.5 Å². The lowest BCUT2D eigenvalue weighted by Gasteiger charge is -2.33. The highest BCUT2D eigenvalue weighted by Gasteiger charge is 2.30.